The number of thioether (sulfide) groups is 1. The molecule has 120 valence electrons. The number of aromatic nitrogens is 2. The number of fused-ring (bicyclic) bond motifs is 2. The monoisotopic (exact) mass is 328 g/mol. The van der Waals surface area contributed by atoms with Crippen LogP contribution in [0.1, 0.15) is 26.3 Å². The van der Waals surface area contributed by atoms with Crippen LogP contribution in [0.5, 0.6) is 0 Å². The average molecular weight is 328 g/mol. The lowest BCUT2D eigenvalue weighted by molar-refractivity contribution is -0.122. The number of carbonyl (C=O) groups excluding carboxylic acids is 1. The minimum atomic E-state index is -0.560. The topological polar surface area (TPSA) is 75.0 Å². The number of benzene rings is 1. The molecule has 1 aliphatic rings. The van der Waals surface area contributed by atoms with Crippen LogP contribution >= 0.6 is 11.8 Å². The van der Waals surface area contributed by atoms with Gasteiger partial charge in [0.15, 0.2) is 5.95 Å². The molecule has 0 unspecified atom stereocenters. The molecule has 5 nitrogen and oxygen atoms in total. The fraction of sp³-hybridized carbons (Fsp3) is 0.294. The molecule has 0 bridgehead atoms. The van der Waals surface area contributed by atoms with Crippen LogP contribution in [0.25, 0.3) is 11.0 Å². The third kappa shape index (κ3) is 2.53. The highest BCUT2D eigenvalue weighted by atomic mass is 32.2. The maximum absolute atomic E-state index is 12.9. The second-order valence-electron chi connectivity index (χ2n) is 6.29. The van der Waals surface area contributed by atoms with Crippen LogP contribution < -0.4 is 10.6 Å². The van der Waals surface area contributed by atoms with Gasteiger partial charge in [-0.2, -0.15) is 0 Å². The third-order valence-corrected chi connectivity index (χ3v) is 4.87. The van der Waals surface area contributed by atoms with Crippen LogP contribution in [0.3, 0.4) is 0 Å². The molecule has 2 aromatic rings. The lowest BCUT2D eigenvalue weighted by atomic mass is 9.86. The molecule has 1 amide bonds. The number of anilines is 2. The summed E-state index contributed by atoms with van der Waals surface area (Å²) >= 11 is 1.52. The maximum atomic E-state index is 12.9. The summed E-state index contributed by atoms with van der Waals surface area (Å²) in [5, 5.41) is 3.78. The zero-order chi connectivity index (χ0) is 16.8. The van der Waals surface area contributed by atoms with Crippen LogP contribution in [-0.4, -0.2) is 22.4 Å². The molecule has 1 aromatic carbocycles. The summed E-state index contributed by atoms with van der Waals surface area (Å²) in [7, 11) is 0. The van der Waals surface area contributed by atoms with E-state index < -0.39 is 5.41 Å². The molecule has 0 atom stereocenters. The van der Waals surface area contributed by atoms with Crippen molar-refractivity contribution in [2.24, 2.45) is 0 Å². The van der Waals surface area contributed by atoms with Gasteiger partial charge in [-0.25, -0.2) is 4.98 Å². The van der Waals surface area contributed by atoms with E-state index in [1.54, 1.807) is 5.41 Å². The summed E-state index contributed by atoms with van der Waals surface area (Å²) in [6.45, 7) is 10.2. The quantitative estimate of drug-likeness (QED) is 0.900. The van der Waals surface area contributed by atoms with Crippen molar-refractivity contribution in [3.63, 3.8) is 0 Å². The van der Waals surface area contributed by atoms with Gasteiger partial charge in [0.1, 0.15) is 0 Å². The number of nitrogens with zero attached hydrogens (tertiary/aromatic N) is 2. The number of imidazole rings is 1. The second kappa shape index (κ2) is 5.45. The normalized spacial score (nSPS) is 16.9. The Morgan fingerprint density at radius 3 is 2.96 bits per heavy atom. The second-order valence-corrected chi connectivity index (χ2v) is 7.13. The smallest absolute Gasteiger partial charge is 0.237 e. The summed E-state index contributed by atoms with van der Waals surface area (Å²) in [5.74, 6) is 0.488. The molecule has 0 saturated carbocycles. The first-order valence-electron chi connectivity index (χ1n) is 7.38. The van der Waals surface area contributed by atoms with E-state index in [-0.39, 0.29) is 5.91 Å². The van der Waals surface area contributed by atoms with E-state index in [1.807, 2.05) is 43.2 Å². The zero-order valence-electron chi connectivity index (χ0n) is 13.5. The van der Waals surface area contributed by atoms with Crippen molar-refractivity contribution in [1.82, 2.24) is 9.97 Å². The van der Waals surface area contributed by atoms with Gasteiger partial charge in [0.05, 0.1) is 22.1 Å². The number of nitrogens with two attached hydrogens (primary N) is 1. The summed E-state index contributed by atoms with van der Waals surface area (Å²) in [4.78, 5) is 22.0. The highest BCUT2D eigenvalue weighted by molar-refractivity contribution is 8.04. The van der Waals surface area contributed by atoms with Gasteiger partial charge in [0, 0.05) is 6.54 Å². The molecule has 6 heteroatoms. The molecule has 23 heavy (non-hydrogen) atoms. The van der Waals surface area contributed by atoms with Gasteiger partial charge in [0.2, 0.25) is 5.91 Å². The lowest BCUT2D eigenvalue weighted by Gasteiger charge is -2.20. The van der Waals surface area contributed by atoms with E-state index in [2.05, 4.69) is 16.5 Å². The summed E-state index contributed by atoms with van der Waals surface area (Å²) in [6.07, 6.45) is 0. The minimum Gasteiger partial charge on any atom is -0.369 e. The standard InChI is InChI=1S/C17H20N4OS/c1-5-23-9-10(2)8-21-14-7-13-12(19-16(18)20-13)6-11(14)17(3,4)15(21)22/h5-7,9H,1,8H2,2-4H3,(H3,18,19,20)/b10-9+. The molecule has 0 saturated heterocycles. The van der Waals surface area contributed by atoms with Gasteiger partial charge in [0.25, 0.3) is 0 Å². The molecule has 3 rings (SSSR count). The number of amides is 1. The van der Waals surface area contributed by atoms with Crippen molar-refractivity contribution >= 4 is 40.3 Å². The third-order valence-electron chi connectivity index (χ3n) is 4.13. The number of nitrogen functional groups attached to an aromatic ring is 1. The Balaban J connectivity index is 2.08. The molecule has 0 fully saturated rings. The van der Waals surface area contributed by atoms with Crippen LogP contribution in [0.2, 0.25) is 0 Å². The lowest BCUT2D eigenvalue weighted by Crippen LogP contribution is -2.37. The van der Waals surface area contributed by atoms with E-state index in [4.69, 9.17) is 5.73 Å². The minimum absolute atomic E-state index is 0.101. The largest absolute Gasteiger partial charge is 0.369 e. The van der Waals surface area contributed by atoms with Crippen molar-refractivity contribution in [1.29, 1.82) is 0 Å². The van der Waals surface area contributed by atoms with E-state index in [1.165, 1.54) is 11.8 Å². The van der Waals surface area contributed by atoms with Crippen LogP contribution in [-0.2, 0) is 10.2 Å². The number of carbonyl (C=O) groups is 1. The number of hydrogen-bond donors (Lipinski definition) is 2. The molecule has 0 aliphatic carbocycles. The predicted octanol–water partition coefficient (Wildman–Crippen LogP) is 3.55. The highest BCUT2D eigenvalue weighted by Gasteiger charge is 2.44. The Kier molecular flexibility index (Phi) is 3.72. The van der Waals surface area contributed by atoms with Gasteiger partial charge in [-0.05, 0) is 54.9 Å². The number of H-pyrrole nitrogens is 1. The number of hydrogen-bond acceptors (Lipinski definition) is 4. The SMILES string of the molecule is C=CS/C=C(\C)CN1C(=O)C(C)(C)c2cc3[nH]c(N)nc3cc21. The molecule has 1 aliphatic heterocycles. The summed E-state index contributed by atoms with van der Waals surface area (Å²) in [5.41, 5.74) is 9.84. The van der Waals surface area contributed by atoms with E-state index in [0.29, 0.717) is 12.5 Å². The van der Waals surface area contributed by atoms with Crippen LogP contribution in [0.4, 0.5) is 11.6 Å². The molecule has 0 radical (unpaired) electrons. The molecular weight excluding hydrogens is 308 g/mol. The number of aromatic amines is 1. The van der Waals surface area contributed by atoms with E-state index in [9.17, 15) is 4.79 Å². The molecule has 0 spiro atoms. The van der Waals surface area contributed by atoms with Gasteiger partial charge in [-0.15, -0.1) is 11.8 Å². The van der Waals surface area contributed by atoms with Crippen molar-refractivity contribution in [2.75, 3.05) is 17.2 Å². The highest BCUT2D eigenvalue weighted by Crippen LogP contribution is 2.43. The van der Waals surface area contributed by atoms with Crippen molar-refractivity contribution in [3.8, 4) is 0 Å². The zero-order valence-corrected chi connectivity index (χ0v) is 14.3. The van der Waals surface area contributed by atoms with Gasteiger partial charge in [-0.3, -0.25) is 4.79 Å². The predicted molar refractivity (Wildman–Crippen MR) is 97.4 cm³/mol. The summed E-state index contributed by atoms with van der Waals surface area (Å²) in [6, 6.07) is 3.93. The van der Waals surface area contributed by atoms with Crippen molar-refractivity contribution in [3.05, 3.63) is 40.7 Å². The van der Waals surface area contributed by atoms with Crippen molar-refractivity contribution < 1.29 is 4.79 Å². The van der Waals surface area contributed by atoms with Gasteiger partial charge >= 0.3 is 0 Å². The Hall–Kier alpha value is -2.21. The first-order valence-corrected chi connectivity index (χ1v) is 8.32. The first-order chi connectivity index (χ1) is 10.8. The Morgan fingerprint density at radius 2 is 2.26 bits per heavy atom. The Labute approximate surface area is 139 Å². The maximum Gasteiger partial charge on any atom is 0.237 e. The molecule has 2 heterocycles. The number of nitrogens with one attached hydrogen (secondary N) is 1. The van der Waals surface area contributed by atoms with Crippen LogP contribution in [0.15, 0.2) is 35.1 Å². The van der Waals surface area contributed by atoms with E-state index in [0.717, 1.165) is 27.9 Å². The van der Waals surface area contributed by atoms with Gasteiger partial charge in [-0.1, -0.05) is 6.58 Å². The van der Waals surface area contributed by atoms with Crippen molar-refractivity contribution in [2.45, 2.75) is 26.2 Å². The fourth-order valence-corrected chi connectivity index (χ4v) is 3.36. The molecule has 3 N–H and O–H groups in total. The molecule has 1 aromatic heterocycles. The average Bonchev–Trinajstić information content (AvgIpc) is 2.94. The van der Waals surface area contributed by atoms with E-state index >= 15 is 0 Å². The van der Waals surface area contributed by atoms with Crippen LogP contribution in [0, 0.1) is 0 Å². The molecular formula is C17H20N4OS. The Bertz CT molecular complexity index is 834. The fourth-order valence-electron chi connectivity index (χ4n) is 2.96. The van der Waals surface area contributed by atoms with Gasteiger partial charge < -0.3 is 15.6 Å². The number of rotatable bonds is 4. The Morgan fingerprint density at radius 1 is 1.52 bits per heavy atom. The first kappa shape index (κ1) is 15.7. The summed E-state index contributed by atoms with van der Waals surface area (Å²) < 4.78 is 0.